The summed E-state index contributed by atoms with van der Waals surface area (Å²) in [6, 6.07) is 18.0. The van der Waals surface area contributed by atoms with Crippen molar-refractivity contribution >= 4 is 20.0 Å². The third-order valence-electron chi connectivity index (χ3n) is 7.41. The molecule has 41 heavy (non-hydrogen) atoms. The molecule has 222 valence electrons. The zero-order valence-electron chi connectivity index (χ0n) is 23.9. The Labute approximate surface area is 243 Å². The van der Waals surface area contributed by atoms with Gasteiger partial charge in [-0.3, -0.25) is 0 Å². The van der Waals surface area contributed by atoms with Gasteiger partial charge in [0, 0.05) is 25.7 Å². The Morgan fingerprint density at radius 2 is 1.44 bits per heavy atom. The molecule has 0 aromatic heterocycles. The van der Waals surface area contributed by atoms with E-state index in [9.17, 15) is 16.8 Å². The zero-order chi connectivity index (χ0) is 29.6. The van der Waals surface area contributed by atoms with E-state index in [-0.39, 0.29) is 28.9 Å². The van der Waals surface area contributed by atoms with Crippen LogP contribution in [0.15, 0.2) is 76.5 Å². The van der Waals surface area contributed by atoms with Crippen LogP contribution in [-0.2, 0) is 33.1 Å². The third-order valence-corrected chi connectivity index (χ3v) is 11.2. The Morgan fingerprint density at radius 3 is 2.07 bits per heavy atom. The first kappa shape index (κ1) is 30.8. The lowest BCUT2D eigenvalue weighted by atomic mass is 10.0. The summed E-state index contributed by atoms with van der Waals surface area (Å²) in [6.07, 6.45) is 3.39. The van der Waals surface area contributed by atoms with E-state index in [0.717, 1.165) is 31.2 Å². The van der Waals surface area contributed by atoms with E-state index in [1.165, 1.54) is 42.8 Å². The number of benzene rings is 3. The van der Waals surface area contributed by atoms with Crippen LogP contribution < -0.4 is 14.2 Å². The van der Waals surface area contributed by atoms with E-state index in [1.807, 2.05) is 13.0 Å². The molecule has 1 heterocycles. The molecule has 0 spiro atoms. The highest BCUT2D eigenvalue weighted by Gasteiger charge is 2.33. The third kappa shape index (κ3) is 6.86. The fourth-order valence-electron chi connectivity index (χ4n) is 5.15. The van der Waals surface area contributed by atoms with Gasteiger partial charge in [0.1, 0.15) is 5.75 Å². The molecule has 9 nitrogen and oxygen atoms in total. The van der Waals surface area contributed by atoms with Gasteiger partial charge >= 0.3 is 0 Å². The topological polar surface area (TPSA) is 102 Å². The lowest BCUT2D eigenvalue weighted by Crippen LogP contribution is -2.43. The molecule has 0 saturated carbocycles. The predicted molar refractivity (Wildman–Crippen MR) is 157 cm³/mol. The van der Waals surface area contributed by atoms with Crippen molar-refractivity contribution in [1.82, 2.24) is 8.61 Å². The summed E-state index contributed by atoms with van der Waals surface area (Å²) in [4.78, 5) is 0.0987. The van der Waals surface area contributed by atoms with Gasteiger partial charge in [-0.1, -0.05) is 31.5 Å². The van der Waals surface area contributed by atoms with E-state index in [2.05, 4.69) is 0 Å². The lowest BCUT2D eigenvalue weighted by Gasteiger charge is -2.34. The van der Waals surface area contributed by atoms with Crippen LogP contribution in [0.1, 0.15) is 43.7 Å². The Hall–Kier alpha value is -3.12. The first-order valence-corrected chi connectivity index (χ1v) is 16.5. The van der Waals surface area contributed by atoms with Crippen LogP contribution in [0.2, 0.25) is 0 Å². The van der Waals surface area contributed by atoms with Crippen molar-refractivity contribution in [2.45, 2.75) is 61.5 Å². The number of hydrogen-bond donors (Lipinski definition) is 0. The van der Waals surface area contributed by atoms with E-state index in [4.69, 9.17) is 14.2 Å². The van der Waals surface area contributed by atoms with Crippen molar-refractivity contribution in [3.63, 3.8) is 0 Å². The van der Waals surface area contributed by atoms with Crippen molar-refractivity contribution in [2.24, 2.45) is 0 Å². The van der Waals surface area contributed by atoms with Gasteiger partial charge in [-0.2, -0.15) is 8.61 Å². The van der Waals surface area contributed by atoms with Crippen LogP contribution in [-0.4, -0.2) is 59.4 Å². The van der Waals surface area contributed by atoms with E-state index in [0.29, 0.717) is 29.4 Å². The molecule has 4 rings (SSSR count). The van der Waals surface area contributed by atoms with Crippen molar-refractivity contribution in [1.29, 1.82) is 0 Å². The number of sulfonamides is 2. The van der Waals surface area contributed by atoms with Crippen LogP contribution in [0, 0.1) is 0 Å². The molecule has 0 N–H and O–H groups in total. The monoisotopic (exact) mass is 602 g/mol. The average Bonchev–Trinajstić information content (AvgIpc) is 3.00. The van der Waals surface area contributed by atoms with E-state index < -0.39 is 20.0 Å². The quantitative estimate of drug-likeness (QED) is 0.286. The molecule has 3 aromatic rings. The van der Waals surface area contributed by atoms with Gasteiger partial charge in [0.25, 0.3) is 0 Å². The highest BCUT2D eigenvalue weighted by molar-refractivity contribution is 7.89. The number of methoxy groups -OCH3 is 3. The summed E-state index contributed by atoms with van der Waals surface area (Å²) < 4.78 is 73.9. The maximum absolute atomic E-state index is 14.0. The number of hydrogen-bond acceptors (Lipinski definition) is 7. The SMILES string of the molecule is CC[C@H]1CCCCN1S(=O)(=O)c1ccc(S(=O)(=O)N(Cc2cccc(OC)c2)Cc2ccc(OC)c(OC)c2)cc1. The van der Waals surface area contributed by atoms with Crippen molar-refractivity contribution < 1.29 is 31.0 Å². The van der Waals surface area contributed by atoms with Crippen LogP contribution >= 0.6 is 0 Å². The minimum atomic E-state index is -4.04. The summed E-state index contributed by atoms with van der Waals surface area (Å²) >= 11 is 0. The van der Waals surface area contributed by atoms with Crippen molar-refractivity contribution in [3.05, 3.63) is 77.9 Å². The minimum Gasteiger partial charge on any atom is -0.497 e. The minimum absolute atomic E-state index is 0.00510. The molecule has 3 aromatic carbocycles. The summed E-state index contributed by atoms with van der Waals surface area (Å²) in [7, 11) is -3.17. The number of rotatable bonds is 12. The molecule has 1 saturated heterocycles. The molecule has 0 bridgehead atoms. The summed E-state index contributed by atoms with van der Waals surface area (Å²) in [5.41, 5.74) is 1.44. The summed E-state index contributed by atoms with van der Waals surface area (Å²) in [5, 5.41) is 0. The lowest BCUT2D eigenvalue weighted by molar-refractivity contribution is 0.246. The molecule has 0 radical (unpaired) electrons. The molecular formula is C30H38N2O7S2. The van der Waals surface area contributed by atoms with Gasteiger partial charge in [0.05, 0.1) is 31.1 Å². The normalized spacial score (nSPS) is 16.5. The Kier molecular flexibility index (Phi) is 9.96. The standard InChI is InChI=1S/C30H38N2O7S2/c1-5-25-10-6-7-18-32(25)41(35,36)28-15-13-27(14-16-28)40(33,34)31(21-23-9-8-11-26(19-23)37-2)22-24-12-17-29(38-3)30(20-24)39-4/h8-9,11-17,19-20,25H,5-7,10,18,21-22H2,1-4H3/t25-/m0/s1. The Morgan fingerprint density at radius 1 is 0.780 bits per heavy atom. The summed E-state index contributed by atoms with van der Waals surface area (Å²) in [6.45, 7) is 2.58. The maximum Gasteiger partial charge on any atom is 0.243 e. The maximum atomic E-state index is 14.0. The molecule has 1 aliphatic heterocycles. The Balaban J connectivity index is 1.68. The highest BCUT2D eigenvalue weighted by atomic mass is 32.2. The molecule has 0 amide bonds. The van der Waals surface area contributed by atoms with Crippen LogP contribution in [0.5, 0.6) is 17.2 Å². The highest BCUT2D eigenvalue weighted by Crippen LogP contribution is 2.31. The van der Waals surface area contributed by atoms with Gasteiger partial charge in [0.15, 0.2) is 11.5 Å². The van der Waals surface area contributed by atoms with E-state index >= 15 is 0 Å². The predicted octanol–water partition coefficient (Wildman–Crippen LogP) is 5.06. The van der Waals surface area contributed by atoms with Crippen molar-refractivity contribution in [2.75, 3.05) is 27.9 Å². The van der Waals surface area contributed by atoms with Gasteiger partial charge in [0.2, 0.25) is 20.0 Å². The van der Waals surface area contributed by atoms with Gasteiger partial charge in [-0.25, -0.2) is 16.8 Å². The second-order valence-corrected chi connectivity index (χ2v) is 13.8. The first-order valence-electron chi connectivity index (χ1n) is 13.6. The number of ether oxygens (including phenoxy) is 3. The molecule has 1 atom stereocenters. The molecular weight excluding hydrogens is 564 g/mol. The first-order chi connectivity index (χ1) is 19.6. The number of nitrogens with zero attached hydrogens (tertiary/aromatic N) is 2. The largest absolute Gasteiger partial charge is 0.497 e. The molecule has 0 unspecified atom stereocenters. The molecule has 11 heteroatoms. The smallest absolute Gasteiger partial charge is 0.243 e. The second-order valence-electron chi connectivity index (χ2n) is 9.96. The second kappa shape index (κ2) is 13.2. The van der Waals surface area contributed by atoms with Crippen LogP contribution in [0.25, 0.3) is 0 Å². The summed E-state index contributed by atoms with van der Waals surface area (Å²) in [5.74, 6) is 1.64. The van der Waals surface area contributed by atoms with Gasteiger partial charge in [-0.05, 0) is 78.9 Å². The van der Waals surface area contributed by atoms with E-state index in [1.54, 1.807) is 47.8 Å². The fourth-order valence-corrected chi connectivity index (χ4v) is 8.33. The van der Waals surface area contributed by atoms with Crippen LogP contribution in [0.4, 0.5) is 0 Å². The van der Waals surface area contributed by atoms with Gasteiger partial charge in [-0.15, -0.1) is 0 Å². The molecule has 1 aliphatic rings. The number of piperidine rings is 1. The average molecular weight is 603 g/mol. The van der Waals surface area contributed by atoms with Gasteiger partial charge < -0.3 is 14.2 Å². The van der Waals surface area contributed by atoms with Crippen LogP contribution in [0.3, 0.4) is 0 Å². The van der Waals surface area contributed by atoms with Crippen molar-refractivity contribution in [3.8, 4) is 17.2 Å². The molecule has 1 fully saturated rings. The zero-order valence-corrected chi connectivity index (χ0v) is 25.6. The Bertz CT molecular complexity index is 1540. The molecule has 0 aliphatic carbocycles. The fraction of sp³-hybridized carbons (Fsp3) is 0.400.